The summed E-state index contributed by atoms with van der Waals surface area (Å²) in [4.78, 5) is 2.21. The molecular weight excluding hydrogens is 295 g/mol. The molecule has 0 spiro atoms. The second-order valence-electron chi connectivity index (χ2n) is 5.96. The normalized spacial score (nSPS) is 19.0. The van der Waals surface area contributed by atoms with Gasteiger partial charge >= 0.3 is 0 Å². The van der Waals surface area contributed by atoms with E-state index in [2.05, 4.69) is 17.1 Å². The van der Waals surface area contributed by atoms with Crippen molar-refractivity contribution in [2.45, 2.75) is 19.5 Å². The Bertz CT molecular complexity index is 735. The predicted molar refractivity (Wildman–Crippen MR) is 88.0 cm³/mol. The SMILES string of the molecule is CC1CNc2cc3c(cc2N1Cc1ccccc1F)OCCO3. The fraction of sp³-hybridized carbons (Fsp3) is 0.333. The van der Waals surface area contributed by atoms with Crippen LogP contribution in [0.4, 0.5) is 15.8 Å². The van der Waals surface area contributed by atoms with E-state index in [4.69, 9.17) is 9.47 Å². The second kappa shape index (κ2) is 5.65. The molecule has 5 heteroatoms. The third-order valence-corrected chi connectivity index (χ3v) is 4.39. The van der Waals surface area contributed by atoms with Crippen LogP contribution >= 0.6 is 0 Å². The van der Waals surface area contributed by atoms with Crippen molar-refractivity contribution < 1.29 is 13.9 Å². The smallest absolute Gasteiger partial charge is 0.163 e. The molecule has 2 aromatic rings. The van der Waals surface area contributed by atoms with E-state index in [0.29, 0.717) is 25.3 Å². The Morgan fingerprint density at radius 3 is 2.70 bits per heavy atom. The van der Waals surface area contributed by atoms with Gasteiger partial charge in [-0.15, -0.1) is 0 Å². The Labute approximate surface area is 134 Å². The molecule has 0 radical (unpaired) electrons. The molecule has 0 saturated heterocycles. The van der Waals surface area contributed by atoms with Gasteiger partial charge in [0.25, 0.3) is 0 Å². The molecule has 2 heterocycles. The van der Waals surface area contributed by atoms with Crippen molar-refractivity contribution in [3.63, 3.8) is 0 Å². The van der Waals surface area contributed by atoms with E-state index < -0.39 is 0 Å². The largest absolute Gasteiger partial charge is 0.486 e. The zero-order chi connectivity index (χ0) is 15.8. The van der Waals surface area contributed by atoms with Crippen molar-refractivity contribution in [2.24, 2.45) is 0 Å². The van der Waals surface area contributed by atoms with Crippen molar-refractivity contribution in [1.82, 2.24) is 0 Å². The van der Waals surface area contributed by atoms with Crippen LogP contribution in [-0.4, -0.2) is 25.8 Å². The van der Waals surface area contributed by atoms with Crippen LogP contribution < -0.4 is 19.7 Å². The highest BCUT2D eigenvalue weighted by Crippen LogP contribution is 2.42. The highest BCUT2D eigenvalue weighted by atomic mass is 19.1. The minimum absolute atomic E-state index is 0.169. The summed E-state index contributed by atoms with van der Waals surface area (Å²) >= 11 is 0. The molecule has 2 aliphatic rings. The van der Waals surface area contributed by atoms with E-state index in [1.54, 1.807) is 6.07 Å². The maximum Gasteiger partial charge on any atom is 0.163 e. The van der Waals surface area contributed by atoms with E-state index in [9.17, 15) is 4.39 Å². The van der Waals surface area contributed by atoms with Gasteiger partial charge in [-0.05, 0) is 13.0 Å². The third-order valence-electron chi connectivity index (χ3n) is 4.39. The zero-order valence-corrected chi connectivity index (χ0v) is 13.0. The lowest BCUT2D eigenvalue weighted by molar-refractivity contribution is 0.171. The Morgan fingerprint density at radius 2 is 1.91 bits per heavy atom. The van der Waals surface area contributed by atoms with Crippen LogP contribution in [0.2, 0.25) is 0 Å². The van der Waals surface area contributed by atoms with Crippen molar-refractivity contribution in [3.8, 4) is 11.5 Å². The molecule has 0 aliphatic carbocycles. The fourth-order valence-corrected chi connectivity index (χ4v) is 3.11. The van der Waals surface area contributed by atoms with Crippen LogP contribution in [0.1, 0.15) is 12.5 Å². The van der Waals surface area contributed by atoms with Gasteiger partial charge in [0.2, 0.25) is 0 Å². The third kappa shape index (κ3) is 2.56. The number of anilines is 2. The fourth-order valence-electron chi connectivity index (χ4n) is 3.11. The van der Waals surface area contributed by atoms with E-state index in [1.165, 1.54) is 6.07 Å². The average molecular weight is 314 g/mol. The van der Waals surface area contributed by atoms with Crippen LogP contribution in [0.15, 0.2) is 36.4 Å². The number of nitrogens with zero attached hydrogens (tertiary/aromatic N) is 1. The molecule has 23 heavy (non-hydrogen) atoms. The van der Waals surface area contributed by atoms with Crippen LogP contribution in [-0.2, 0) is 6.54 Å². The van der Waals surface area contributed by atoms with Gasteiger partial charge in [0.15, 0.2) is 11.5 Å². The van der Waals surface area contributed by atoms with Crippen molar-refractivity contribution in [2.75, 3.05) is 30.0 Å². The van der Waals surface area contributed by atoms with Gasteiger partial charge in [0.05, 0.1) is 11.4 Å². The van der Waals surface area contributed by atoms with E-state index in [1.807, 2.05) is 24.3 Å². The number of hydrogen-bond donors (Lipinski definition) is 1. The minimum Gasteiger partial charge on any atom is -0.486 e. The summed E-state index contributed by atoms with van der Waals surface area (Å²) < 4.78 is 25.4. The summed E-state index contributed by atoms with van der Waals surface area (Å²) in [6.07, 6.45) is 0. The summed E-state index contributed by atoms with van der Waals surface area (Å²) in [5.41, 5.74) is 2.72. The number of hydrogen-bond acceptors (Lipinski definition) is 4. The molecular formula is C18H19FN2O2. The number of rotatable bonds is 2. The van der Waals surface area contributed by atoms with Crippen molar-refractivity contribution in [3.05, 3.63) is 47.8 Å². The molecule has 1 N–H and O–H groups in total. The summed E-state index contributed by atoms with van der Waals surface area (Å²) in [6, 6.07) is 11.2. The number of benzene rings is 2. The molecule has 4 nitrogen and oxygen atoms in total. The Kier molecular flexibility index (Phi) is 3.48. The molecule has 2 aromatic carbocycles. The first kappa shape index (κ1) is 14.2. The number of nitrogens with one attached hydrogen (secondary N) is 1. The Hall–Kier alpha value is -2.43. The van der Waals surface area contributed by atoms with Crippen LogP contribution in [0.25, 0.3) is 0 Å². The number of fused-ring (bicyclic) bond motifs is 2. The number of ether oxygens (including phenoxy) is 2. The van der Waals surface area contributed by atoms with Gasteiger partial charge in [-0.25, -0.2) is 4.39 Å². The lowest BCUT2D eigenvalue weighted by atomic mass is 10.1. The van der Waals surface area contributed by atoms with Crippen molar-refractivity contribution >= 4 is 11.4 Å². The average Bonchev–Trinajstić information content (AvgIpc) is 2.57. The molecule has 0 amide bonds. The summed E-state index contributed by atoms with van der Waals surface area (Å²) in [6.45, 7) is 4.60. The topological polar surface area (TPSA) is 33.7 Å². The Balaban J connectivity index is 1.72. The molecule has 1 unspecified atom stereocenters. The van der Waals surface area contributed by atoms with Crippen molar-refractivity contribution in [1.29, 1.82) is 0 Å². The standard InChI is InChI=1S/C18H19FN2O2/c1-12-10-20-15-8-17-18(23-7-6-22-17)9-16(15)21(12)11-13-4-2-3-5-14(13)19/h2-5,8-9,12,20H,6-7,10-11H2,1H3. The van der Waals surface area contributed by atoms with Gasteiger partial charge in [0.1, 0.15) is 19.0 Å². The first-order valence-corrected chi connectivity index (χ1v) is 7.90. The Morgan fingerprint density at radius 1 is 1.17 bits per heavy atom. The maximum absolute atomic E-state index is 14.0. The first-order valence-electron chi connectivity index (χ1n) is 7.90. The number of halogens is 1. The quantitative estimate of drug-likeness (QED) is 0.921. The van der Waals surface area contributed by atoms with E-state index >= 15 is 0 Å². The molecule has 0 fully saturated rings. The van der Waals surface area contributed by atoms with Crippen LogP contribution in [0, 0.1) is 5.82 Å². The molecule has 0 saturated carbocycles. The zero-order valence-electron chi connectivity index (χ0n) is 13.0. The van der Waals surface area contributed by atoms with Gasteiger partial charge < -0.3 is 19.7 Å². The van der Waals surface area contributed by atoms with Gasteiger partial charge in [-0.3, -0.25) is 0 Å². The van der Waals surface area contributed by atoms with Gasteiger partial charge in [-0.1, -0.05) is 18.2 Å². The highest BCUT2D eigenvalue weighted by Gasteiger charge is 2.27. The summed E-state index contributed by atoms with van der Waals surface area (Å²) in [5.74, 6) is 1.35. The molecule has 120 valence electrons. The molecule has 2 aliphatic heterocycles. The van der Waals surface area contributed by atoms with Crippen LogP contribution in [0.3, 0.4) is 0 Å². The molecule has 1 atom stereocenters. The molecule has 4 rings (SSSR count). The highest BCUT2D eigenvalue weighted by molar-refractivity contribution is 5.77. The van der Waals surface area contributed by atoms with Gasteiger partial charge in [0, 0.05) is 36.8 Å². The van der Waals surface area contributed by atoms with E-state index in [0.717, 1.165) is 29.4 Å². The predicted octanol–water partition coefficient (Wildman–Crippen LogP) is 3.42. The summed E-state index contributed by atoms with van der Waals surface area (Å²) in [7, 11) is 0. The maximum atomic E-state index is 14.0. The summed E-state index contributed by atoms with van der Waals surface area (Å²) in [5, 5.41) is 3.42. The molecule has 0 aromatic heterocycles. The monoisotopic (exact) mass is 314 g/mol. The lowest BCUT2D eigenvalue weighted by Crippen LogP contribution is -2.41. The second-order valence-corrected chi connectivity index (χ2v) is 5.96. The lowest BCUT2D eigenvalue weighted by Gasteiger charge is -2.38. The van der Waals surface area contributed by atoms with E-state index in [-0.39, 0.29) is 11.9 Å². The minimum atomic E-state index is -0.169. The molecule has 0 bridgehead atoms. The van der Waals surface area contributed by atoms with Gasteiger partial charge in [-0.2, -0.15) is 0 Å². The van der Waals surface area contributed by atoms with Crippen LogP contribution in [0.5, 0.6) is 11.5 Å². The first-order chi connectivity index (χ1) is 11.2.